The summed E-state index contributed by atoms with van der Waals surface area (Å²) in [5.41, 5.74) is 2.66. The van der Waals surface area contributed by atoms with Gasteiger partial charge in [0.05, 0.1) is 0 Å². The summed E-state index contributed by atoms with van der Waals surface area (Å²) < 4.78 is 0. The number of hydrogen-bond acceptors (Lipinski definition) is 4. The Balaban J connectivity index is 1.54. The third-order valence-corrected chi connectivity index (χ3v) is 5.05. The molecule has 2 saturated heterocycles. The minimum atomic E-state index is 0.597. The molecule has 1 N–H and O–H groups in total. The van der Waals surface area contributed by atoms with E-state index in [1.165, 1.54) is 56.5 Å². The van der Waals surface area contributed by atoms with Gasteiger partial charge in [-0.1, -0.05) is 6.42 Å². The van der Waals surface area contributed by atoms with Crippen molar-refractivity contribution in [3.63, 3.8) is 0 Å². The van der Waals surface area contributed by atoms with E-state index in [1.807, 2.05) is 0 Å². The van der Waals surface area contributed by atoms with Crippen LogP contribution in [0.1, 0.15) is 43.4 Å². The van der Waals surface area contributed by atoms with Crippen molar-refractivity contribution in [2.75, 3.05) is 18.4 Å². The van der Waals surface area contributed by atoms with Gasteiger partial charge in [-0.2, -0.15) is 0 Å². The second-order valence-electron chi connectivity index (χ2n) is 6.14. The van der Waals surface area contributed by atoms with Crippen molar-refractivity contribution in [2.24, 2.45) is 0 Å². The lowest BCUT2D eigenvalue weighted by Gasteiger charge is -2.33. The third kappa shape index (κ3) is 2.02. The summed E-state index contributed by atoms with van der Waals surface area (Å²) >= 11 is 0. The number of nitrogens with zero attached hydrogens (tertiary/aromatic N) is 3. The molecule has 0 radical (unpaired) electrons. The fourth-order valence-corrected chi connectivity index (χ4v) is 4.08. The maximum absolute atomic E-state index is 4.51. The van der Waals surface area contributed by atoms with Gasteiger partial charge in [0.25, 0.3) is 0 Å². The van der Waals surface area contributed by atoms with Crippen LogP contribution in [0.5, 0.6) is 0 Å². The molecule has 4 rings (SSSR count). The largest absolute Gasteiger partial charge is 0.365 e. The number of piperidine rings is 1. The lowest BCUT2D eigenvalue weighted by atomic mass is 9.99. The van der Waals surface area contributed by atoms with Gasteiger partial charge in [0.15, 0.2) is 0 Å². The maximum Gasteiger partial charge on any atom is 0.133 e. The van der Waals surface area contributed by atoms with Gasteiger partial charge < -0.3 is 5.32 Å². The molecule has 102 valence electrons. The van der Waals surface area contributed by atoms with Crippen LogP contribution in [0.2, 0.25) is 0 Å². The van der Waals surface area contributed by atoms with Gasteiger partial charge in [-0.15, -0.1) is 0 Å². The quantitative estimate of drug-likeness (QED) is 0.881. The molecule has 0 aromatic carbocycles. The zero-order valence-electron chi connectivity index (χ0n) is 11.4. The van der Waals surface area contributed by atoms with Crippen LogP contribution in [0.15, 0.2) is 6.33 Å². The number of aryl methyl sites for hydroxylation is 1. The number of rotatable bonds is 2. The van der Waals surface area contributed by atoms with E-state index < -0.39 is 0 Å². The molecule has 0 saturated carbocycles. The van der Waals surface area contributed by atoms with Crippen LogP contribution in [0.25, 0.3) is 0 Å². The molecule has 2 aliphatic heterocycles. The molecule has 0 spiro atoms. The predicted octanol–water partition coefficient (Wildman–Crippen LogP) is 2.00. The summed E-state index contributed by atoms with van der Waals surface area (Å²) in [5, 5.41) is 3.75. The number of hydrogen-bond donors (Lipinski definition) is 1. The Bertz CT molecular complexity index is 473. The van der Waals surface area contributed by atoms with E-state index in [0.29, 0.717) is 6.04 Å². The first-order valence-corrected chi connectivity index (χ1v) is 7.75. The Hall–Kier alpha value is -1.16. The van der Waals surface area contributed by atoms with E-state index in [4.69, 9.17) is 0 Å². The lowest BCUT2D eigenvalue weighted by molar-refractivity contribution is 0.192. The zero-order chi connectivity index (χ0) is 12.7. The first-order valence-electron chi connectivity index (χ1n) is 7.75. The molecular formula is C15H22N4. The molecule has 1 aliphatic carbocycles. The number of anilines is 1. The van der Waals surface area contributed by atoms with E-state index in [9.17, 15) is 0 Å². The van der Waals surface area contributed by atoms with E-state index >= 15 is 0 Å². The maximum atomic E-state index is 4.51. The molecular weight excluding hydrogens is 236 g/mol. The third-order valence-electron chi connectivity index (χ3n) is 5.05. The van der Waals surface area contributed by atoms with Crippen LogP contribution in [0.3, 0.4) is 0 Å². The Labute approximate surface area is 114 Å². The smallest absolute Gasteiger partial charge is 0.133 e. The molecule has 1 aromatic heterocycles. The van der Waals surface area contributed by atoms with Gasteiger partial charge in [-0.3, -0.25) is 4.90 Å². The normalized spacial score (nSPS) is 30.1. The fraction of sp³-hybridized carbons (Fsp3) is 0.733. The SMILES string of the molecule is c1nc2c(c(NC3CCN4CCCCC34)n1)CCC2. The Morgan fingerprint density at radius 2 is 2.05 bits per heavy atom. The molecule has 0 amide bonds. The highest BCUT2D eigenvalue weighted by molar-refractivity contribution is 5.49. The van der Waals surface area contributed by atoms with Crippen molar-refractivity contribution in [3.05, 3.63) is 17.6 Å². The van der Waals surface area contributed by atoms with Crippen LogP contribution in [0.4, 0.5) is 5.82 Å². The van der Waals surface area contributed by atoms with Gasteiger partial charge in [0.2, 0.25) is 0 Å². The van der Waals surface area contributed by atoms with Crippen molar-refractivity contribution in [1.29, 1.82) is 0 Å². The zero-order valence-corrected chi connectivity index (χ0v) is 11.4. The van der Waals surface area contributed by atoms with E-state index in [2.05, 4.69) is 20.2 Å². The highest BCUT2D eigenvalue weighted by atomic mass is 15.2. The average molecular weight is 258 g/mol. The number of nitrogens with one attached hydrogen (secondary N) is 1. The lowest BCUT2D eigenvalue weighted by Crippen LogP contribution is -2.42. The van der Waals surface area contributed by atoms with Crippen molar-refractivity contribution in [1.82, 2.24) is 14.9 Å². The summed E-state index contributed by atoms with van der Waals surface area (Å²) in [5.74, 6) is 1.12. The monoisotopic (exact) mass is 258 g/mol. The molecule has 0 bridgehead atoms. The Morgan fingerprint density at radius 3 is 3.05 bits per heavy atom. The molecule has 4 heteroatoms. The molecule has 2 atom stereocenters. The topological polar surface area (TPSA) is 41.1 Å². The predicted molar refractivity (Wildman–Crippen MR) is 75.3 cm³/mol. The van der Waals surface area contributed by atoms with E-state index in [0.717, 1.165) is 24.7 Å². The van der Waals surface area contributed by atoms with E-state index in [-0.39, 0.29) is 0 Å². The van der Waals surface area contributed by atoms with Gasteiger partial charge >= 0.3 is 0 Å². The summed E-state index contributed by atoms with van der Waals surface area (Å²) in [6, 6.07) is 1.33. The van der Waals surface area contributed by atoms with Gasteiger partial charge in [-0.05, 0) is 45.1 Å². The second-order valence-corrected chi connectivity index (χ2v) is 6.14. The van der Waals surface area contributed by atoms with Crippen LogP contribution in [-0.2, 0) is 12.8 Å². The van der Waals surface area contributed by atoms with Crippen molar-refractivity contribution >= 4 is 5.82 Å². The highest BCUT2D eigenvalue weighted by Gasteiger charge is 2.36. The van der Waals surface area contributed by atoms with Gasteiger partial charge in [-0.25, -0.2) is 9.97 Å². The second kappa shape index (κ2) is 4.75. The molecule has 1 aromatic rings. The average Bonchev–Trinajstić information content (AvgIpc) is 3.06. The van der Waals surface area contributed by atoms with Crippen molar-refractivity contribution in [3.8, 4) is 0 Å². The summed E-state index contributed by atoms with van der Waals surface area (Å²) in [7, 11) is 0. The van der Waals surface area contributed by atoms with Crippen LogP contribution in [0, 0.1) is 0 Å². The molecule has 2 fully saturated rings. The number of aromatic nitrogens is 2. The minimum Gasteiger partial charge on any atom is -0.365 e. The number of fused-ring (bicyclic) bond motifs is 2. The van der Waals surface area contributed by atoms with Crippen LogP contribution in [-0.4, -0.2) is 40.0 Å². The first kappa shape index (κ1) is 11.6. The fourth-order valence-electron chi connectivity index (χ4n) is 4.08. The van der Waals surface area contributed by atoms with Crippen LogP contribution >= 0.6 is 0 Å². The molecule has 19 heavy (non-hydrogen) atoms. The molecule has 4 nitrogen and oxygen atoms in total. The van der Waals surface area contributed by atoms with Gasteiger partial charge in [0, 0.05) is 29.9 Å². The molecule has 3 heterocycles. The highest BCUT2D eigenvalue weighted by Crippen LogP contribution is 2.31. The van der Waals surface area contributed by atoms with Gasteiger partial charge in [0.1, 0.15) is 12.1 Å². The minimum absolute atomic E-state index is 0.597. The molecule has 2 unspecified atom stereocenters. The van der Waals surface area contributed by atoms with E-state index in [1.54, 1.807) is 6.33 Å². The Morgan fingerprint density at radius 1 is 1.05 bits per heavy atom. The summed E-state index contributed by atoms with van der Waals surface area (Å²) in [6.45, 7) is 2.56. The first-order chi connectivity index (χ1) is 9.42. The molecule has 3 aliphatic rings. The summed E-state index contributed by atoms with van der Waals surface area (Å²) in [4.78, 5) is 11.6. The Kier molecular flexibility index (Phi) is 2.91. The van der Waals surface area contributed by atoms with Crippen LogP contribution < -0.4 is 5.32 Å². The standard InChI is InChI=1S/C15H22N4/c1-2-8-19-9-7-13(14(19)6-1)18-15-11-4-3-5-12(11)16-10-17-15/h10,13-14H,1-9H2,(H,16,17,18). The van der Waals surface area contributed by atoms with Crippen molar-refractivity contribution in [2.45, 2.75) is 57.0 Å². The summed E-state index contributed by atoms with van der Waals surface area (Å²) in [6.07, 6.45) is 10.6. The van der Waals surface area contributed by atoms with Crippen molar-refractivity contribution < 1.29 is 0 Å².